The van der Waals surface area contributed by atoms with Gasteiger partial charge in [-0.15, -0.1) is 0 Å². The number of hydrogen-bond donors (Lipinski definition) is 2. The smallest absolute Gasteiger partial charge is 0.172 e. The van der Waals surface area contributed by atoms with Crippen LogP contribution in [0.4, 0.5) is 5.69 Å². The number of nitrogens with one attached hydrogen (secondary N) is 1. The van der Waals surface area contributed by atoms with Gasteiger partial charge >= 0.3 is 0 Å². The number of phenolic OH excluding ortho intramolecular Hbond substituents is 1. The third-order valence-electron chi connectivity index (χ3n) is 6.95. The van der Waals surface area contributed by atoms with Crippen molar-refractivity contribution in [2.75, 3.05) is 11.9 Å². The molecule has 32 heavy (non-hydrogen) atoms. The molecular formula is C27H28BrNO3. The van der Waals surface area contributed by atoms with E-state index < -0.39 is 0 Å². The molecule has 0 radical (unpaired) electrons. The molecule has 2 aliphatic rings. The van der Waals surface area contributed by atoms with Crippen LogP contribution in [-0.2, 0) is 4.79 Å². The first-order valence-corrected chi connectivity index (χ1v) is 12.0. The second-order valence-corrected chi connectivity index (χ2v) is 10.7. The lowest BCUT2D eigenvalue weighted by Crippen LogP contribution is -2.44. The van der Waals surface area contributed by atoms with Gasteiger partial charge in [-0.1, -0.05) is 44.2 Å². The summed E-state index contributed by atoms with van der Waals surface area (Å²) in [5.74, 6) is 0.770. The highest BCUT2D eigenvalue weighted by molar-refractivity contribution is 9.10. The van der Waals surface area contributed by atoms with E-state index in [-0.39, 0.29) is 29.0 Å². The molecule has 1 saturated carbocycles. The number of carbonyl (C=O) groups excluding carboxylic acids is 1. The molecule has 0 bridgehead atoms. The Morgan fingerprint density at radius 2 is 1.97 bits per heavy atom. The first kappa shape index (κ1) is 21.3. The number of aromatic hydroxyl groups is 1. The first-order chi connectivity index (χ1) is 15.3. The van der Waals surface area contributed by atoms with E-state index in [1.54, 1.807) is 0 Å². The number of rotatable bonds is 3. The Bertz CT molecular complexity index is 1220. The molecule has 4 nitrogen and oxygen atoms in total. The van der Waals surface area contributed by atoms with Crippen molar-refractivity contribution in [3.63, 3.8) is 0 Å². The zero-order chi connectivity index (χ0) is 22.6. The zero-order valence-electron chi connectivity index (χ0n) is 18.6. The van der Waals surface area contributed by atoms with Gasteiger partial charge in [-0.25, -0.2) is 0 Å². The van der Waals surface area contributed by atoms with Crippen LogP contribution in [0.2, 0.25) is 0 Å². The summed E-state index contributed by atoms with van der Waals surface area (Å²) < 4.78 is 6.25. The number of halogens is 1. The lowest BCUT2D eigenvalue weighted by atomic mass is 9.60. The third-order valence-corrected chi connectivity index (χ3v) is 7.56. The number of Topliss-reactive ketones (excluding diaryl/α,β-unsaturated/α-hetero) is 1. The van der Waals surface area contributed by atoms with Crippen LogP contribution in [0.15, 0.2) is 53.0 Å². The van der Waals surface area contributed by atoms with E-state index in [9.17, 15) is 9.90 Å². The van der Waals surface area contributed by atoms with Crippen molar-refractivity contribution in [3.05, 3.63) is 64.1 Å². The summed E-state index contributed by atoms with van der Waals surface area (Å²) in [6.07, 6.45) is 1.53. The van der Waals surface area contributed by atoms with Gasteiger partial charge in [0, 0.05) is 18.0 Å². The van der Waals surface area contributed by atoms with Crippen molar-refractivity contribution in [1.82, 2.24) is 0 Å². The molecule has 5 heteroatoms. The van der Waals surface area contributed by atoms with Crippen molar-refractivity contribution in [1.29, 1.82) is 0 Å². The van der Waals surface area contributed by atoms with E-state index in [1.165, 1.54) is 16.3 Å². The fourth-order valence-corrected chi connectivity index (χ4v) is 6.18. The summed E-state index contributed by atoms with van der Waals surface area (Å²) in [6.45, 7) is 6.75. The second kappa shape index (κ2) is 7.80. The van der Waals surface area contributed by atoms with Crippen LogP contribution in [-0.4, -0.2) is 17.5 Å². The molecule has 3 aromatic carbocycles. The zero-order valence-corrected chi connectivity index (χ0v) is 20.2. The van der Waals surface area contributed by atoms with Gasteiger partial charge in [0.25, 0.3) is 0 Å². The van der Waals surface area contributed by atoms with Gasteiger partial charge < -0.3 is 15.2 Å². The molecule has 0 spiro atoms. The summed E-state index contributed by atoms with van der Waals surface area (Å²) in [7, 11) is 0. The van der Waals surface area contributed by atoms with Crippen LogP contribution < -0.4 is 10.1 Å². The van der Waals surface area contributed by atoms with Crippen molar-refractivity contribution in [2.45, 2.75) is 45.6 Å². The predicted octanol–water partition coefficient (Wildman–Crippen LogP) is 6.96. The summed E-state index contributed by atoms with van der Waals surface area (Å²) in [5, 5.41) is 16.5. The maximum Gasteiger partial charge on any atom is 0.172 e. The predicted molar refractivity (Wildman–Crippen MR) is 132 cm³/mol. The van der Waals surface area contributed by atoms with Gasteiger partial charge in [0.15, 0.2) is 11.5 Å². The standard InChI is InChI=1S/C27H28BrNO3/c1-4-32-22-12-16(11-19(28)26(22)31)25-24-18(13-27(2,3)14-21(24)30)23-17-8-6-5-7-15(17)9-10-20(23)29-25/h5-12,18,24-25,29,31H,4,13-14H2,1-3H3/t18-,24-,25+/m1/s1. The fraction of sp³-hybridized carbons (Fsp3) is 0.370. The number of ketones is 1. The Hall–Kier alpha value is -2.53. The normalized spacial score (nSPS) is 23.9. The van der Waals surface area contributed by atoms with Gasteiger partial charge in [0.2, 0.25) is 0 Å². The number of anilines is 1. The van der Waals surface area contributed by atoms with E-state index >= 15 is 0 Å². The largest absolute Gasteiger partial charge is 0.503 e. The maximum atomic E-state index is 13.6. The van der Waals surface area contributed by atoms with Crippen LogP contribution >= 0.6 is 15.9 Å². The fourth-order valence-electron chi connectivity index (χ4n) is 5.72. The van der Waals surface area contributed by atoms with Crippen LogP contribution in [0.25, 0.3) is 10.8 Å². The molecule has 0 aromatic heterocycles. The van der Waals surface area contributed by atoms with E-state index in [4.69, 9.17) is 4.74 Å². The van der Waals surface area contributed by atoms with Gasteiger partial charge in [-0.2, -0.15) is 0 Å². The molecule has 1 aliphatic carbocycles. The molecule has 0 unspecified atom stereocenters. The Kier molecular flexibility index (Phi) is 5.20. The summed E-state index contributed by atoms with van der Waals surface area (Å²) in [5.41, 5.74) is 3.25. The van der Waals surface area contributed by atoms with Gasteiger partial charge in [0.05, 0.1) is 17.1 Å². The Morgan fingerprint density at radius 1 is 1.19 bits per heavy atom. The van der Waals surface area contributed by atoms with Crippen molar-refractivity contribution in [3.8, 4) is 11.5 Å². The topological polar surface area (TPSA) is 58.6 Å². The number of fused-ring (bicyclic) bond motifs is 5. The average molecular weight is 494 g/mol. The minimum Gasteiger partial charge on any atom is -0.503 e. The quantitative estimate of drug-likeness (QED) is 0.413. The van der Waals surface area contributed by atoms with Crippen LogP contribution in [0, 0.1) is 11.3 Å². The summed E-state index contributed by atoms with van der Waals surface area (Å²) >= 11 is 3.48. The first-order valence-electron chi connectivity index (χ1n) is 11.2. The minimum atomic E-state index is -0.187. The highest BCUT2D eigenvalue weighted by atomic mass is 79.9. The number of phenols is 1. The van der Waals surface area contributed by atoms with Crippen molar-refractivity contribution < 1.29 is 14.6 Å². The SMILES string of the molecule is CCOc1cc([C@@H]2Nc3ccc4ccccc4c3[C@H]3CC(C)(C)CC(=O)[C@@H]32)cc(Br)c1O. The van der Waals surface area contributed by atoms with E-state index in [0.717, 1.165) is 17.7 Å². The summed E-state index contributed by atoms with van der Waals surface area (Å²) in [6, 6.07) is 16.3. The summed E-state index contributed by atoms with van der Waals surface area (Å²) in [4.78, 5) is 13.6. The lowest BCUT2D eigenvalue weighted by molar-refractivity contribution is -0.129. The molecule has 3 atom stereocenters. The van der Waals surface area contributed by atoms with E-state index in [0.29, 0.717) is 29.0 Å². The molecule has 2 N–H and O–H groups in total. The van der Waals surface area contributed by atoms with Crippen LogP contribution in [0.1, 0.15) is 56.7 Å². The Labute approximate surface area is 197 Å². The molecule has 166 valence electrons. The molecule has 1 heterocycles. The number of hydrogen-bond acceptors (Lipinski definition) is 4. The van der Waals surface area contributed by atoms with Gasteiger partial charge in [-0.05, 0) is 80.7 Å². The van der Waals surface area contributed by atoms with Crippen molar-refractivity contribution >= 4 is 38.2 Å². The van der Waals surface area contributed by atoms with Crippen molar-refractivity contribution in [2.24, 2.45) is 11.3 Å². The molecular weight excluding hydrogens is 466 g/mol. The third kappa shape index (κ3) is 3.47. The molecule has 0 amide bonds. The number of ether oxygens (including phenoxy) is 1. The molecule has 1 fully saturated rings. The van der Waals surface area contributed by atoms with Gasteiger partial charge in [-0.3, -0.25) is 4.79 Å². The average Bonchev–Trinajstić information content (AvgIpc) is 2.75. The van der Waals surface area contributed by atoms with E-state index in [2.05, 4.69) is 71.5 Å². The highest BCUT2D eigenvalue weighted by Crippen LogP contribution is 2.56. The van der Waals surface area contributed by atoms with Gasteiger partial charge in [0.1, 0.15) is 5.78 Å². The number of benzene rings is 3. The highest BCUT2D eigenvalue weighted by Gasteiger charge is 2.49. The Morgan fingerprint density at radius 3 is 2.75 bits per heavy atom. The molecule has 5 rings (SSSR count). The number of carbonyl (C=O) groups is 1. The monoisotopic (exact) mass is 493 g/mol. The van der Waals surface area contributed by atoms with E-state index in [1.807, 2.05) is 19.1 Å². The molecule has 0 saturated heterocycles. The van der Waals surface area contributed by atoms with Crippen LogP contribution in [0.3, 0.4) is 0 Å². The second-order valence-electron chi connectivity index (χ2n) is 9.80. The lowest BCUT2D eigenvalue weighted by Gasteiger charge is -2.47. The molecule has 1 aliphatic heterocycles. The maximum absolute atomic E-state index is 13.6. The minimum absolute atomic E-state index is 0.0413. The molecule has 3 aromatic rings. The Balaban J connectivity index is 1.70. The van der Waals surface area contributed by atoms with Crippen LogP contribution in [0.5, 0.6) is 11.5 Å².